The molecule has 27 heavy (non-hydrogen) atoms. The Morgan fingerprint density at radius 2 is 1.89 bits per heavy atom. The van der Waals surface area contributed by atoms with Crippen molar-refractivity contribution in [1.29, 1.82) is 0 Å². The quantitative estimate of drug-likeness (QED) is 0.399. The molecule has 1 amide bonds. The number of hydrogen-bond acceptors (Lipinski definition) is 7. The van der Waals surface area contributed by atoms with Crippen molar-refractivity contribution in [3.63, 3.8) is 0 Å². The molecule has 1 unspecified atom stereocenters. The van der Waals surface area contributed by atoms with Gasteiger partial charge in [-0.25, -0.2) is 0 Å². The van der Waals surface area contributed by atoms with Gasteiger partial charge in [0, 0.05) is 38.7 Å². The SMILES string of the molecule is C=CCCC(=O)Nc1cc(OCOC)c(OC)c(CC(C)O)c1OCOC. The molecule has 0 radical (unpaired) electrons. The summed E-state index contributed by atoms with van der Waals surface area (Å²) in [4.78, 5) is 12.2. The molecule has 1 atom stereocenters. The van der Waals surface area contributed by atoms with Gasteiger partial charge in [0.15, 0.2) is 30.8 Å². The summed E-state index contributed by atoms with van der Waals surface area (Å²) in [5.74, 6) is 0.899. The van der Waals surface area contributed by atoms with Crippen LogP contribution in [-0.2, 0) is 20.7 Å². The molecule has 0 aliphatic heterocycles. The molecule has 1 rings (SSSR count). The van der Waals surface area contributed by atoms with Crippen molar-refractivity contribution in [3.8, 4) is 17.2 Å². The second kappa shape index (κ2) is 12.2. The van der Waals surface area contributed by atoms with Crippen molar-refractivity contribution in [1.82, 2.24) is 0 Å². The van der Waals surface area contributed by atoms with Crippen LogP contribution >= 0.6 is 0 Å². The molecule has 0 spiro atoms. The van der Waals surface area contributed by atoms with Crippen LogP contribution < -0.4 is 19.5 Å². The fourth-order valence-corrected chi connectivity index (χ4v) is 2.43. The number of aliphatic hydroxyl groups excluding tert-OH is 1. The summed E-state index contributed by atoms with van der Waals surface area (Å²) in [6.45, 7) is 5.21. The molecular formula is C19H29NO7. The van der Waals surface area contributed by atoms with E-state index in [1.54, 1.807) is 19.1 Å². The molecule has 2 N–H and O–H groups in total. The zero-order valence-electron chi connectivity index (χ0n) is 16.4. The smallest absolute Gasteiger partial charge is 0.224 e. The van der Waals surface area contributed by atoms with Gasteiger partial charge in [0.1, 0.15) is 0 Å². The van der Waals surface area contributed by atoms with Crippen LogP contribution in [0.25, 0.3) is 0 Å². The van der Waals surface area contributed by atoms with E-state index in [1.807, 2.05) is 0 Å². The minimum atomic E-state index is -0.675. The Labute approximate surface area is 160 Å². The molecule has 0 heterocycles. The minimum absolute atomic E-state index is 0.00734. The van der Waals surface area contributed by atoms with Gasteiger partial charge in [0.25, 0.3) is 0 Å². The first-order chi connectivity index (χ1) is 13.0. The van der Waals surface area contributed by atoms with Crippen molar-refractivity contribution in [2.24, 2.45) is 0 Å². The van der Waals surface area contributed by atoms with Gasteiger partial charge in [-0.2, -0.15) is 0 Å². The molecule has 0 aliphatic rings. The van der Waals surface area contributed by atoms with Crippen LogP contribution in [0.2, 0.25) is 0 Å². The van der Waals surface area contributed by atoms with E-state index >= 15 is 0 Å². The molecule has 8 nitrogen and oxygen atoms in total. The Hall–Kier alpha value is -2.29. The summed E-state index contributed by atoms with van der Waals surface area (Å²) in [6.07, 6.45) is 2.04. The van der Waals surface area contributed by atoms with Gasteiger partial charge < -0.3 is 34.1 Å². The first kappa shape index (κ1) is 22.8. The van der Waals surface area contributed by atoms with Crippen LogP contribution in [-0.4, -0.2) is 52.0 Å². The Morgan fingerprint density at radius 1 is 1.22 bits per heavy atom. The third-order valence-corrected chi connectivity index (χ3v) is 3.50. The molecule has 152 valence electrons. The lowest BCUT2D eigenvalue weighted by atomic mass is 10.0. The number of aliphatic hydroxyl groups is 1. The number of carbonyl (C=O) groups is 1. The van der Waals surface area contributed by atoms with E-state index < -0.39 is 6.10 Å². The lowest BCUT2D eigenvalue weighted by Gasteiger charge is -2.22. The third kappa shape index (κ3) is 7.09. The highest BCUT2D eigenvalue weighted by atomic mass is 16.7. The monoisotopic (exact) mass is 383 g/mol. The van der Waals surface area contributed by atoms with Crippen LogP contribution in [0.15, 0.2) is 18.7 Å². The average Bonchev–Trinajstić information content (AvgIpc) is 2.63. The van der Waals surface area contributed by atoms with Gasteiger partial charge in [-0.1, -0.05) is 6.08 Å². The molecule has 1 aromatic rings. The van der Waals surface area contributed by atoms with Crippen LogP contribution in [0.3, 0.4) is 0 Å². The maximum absolute atomic E-state index is 12.2. The number of nitrogens with one attached hydrogen (secondary N) is 1. The van der Waals surface area contributed by atoms with Gasteiger partial charge in [-0.3, -0.25) is 4.79 Å². The predicted octanol–water partition coefficient (Wildman–Crippen LogP) is 2.49. The van der Waals surface area contributed by atoms with Crippen molar-refractivity contribution in [2.45, 2.75) is 32.3 Å². The van der Waals surface area contributed by atoms with E-state index in [0.717, 1.165) is 0 Å². The fourth-order valence-electron chi connectivity index (χ4n) is 2.43. The largest absolute Gasteiger partial charge is 0.492 e. The Balaban J connectivity index is 3.43. The van der Waals surface area contributed by atoms with Crippen LogP contribution in [0, 0.1) is 0 Å². The van der Waals surface area contributed by atoms with Crippen molar-refractivity contribution in [3.05, 3.63) is 24.3 Å². The normalized spacial score (nSPS) is 11.6. The lowest BCUT2D eigenvalue weighted by Crippen LogP contribution is -2.16. The Bertz CT molecular complexity index is 617. The standard InChI is InChI=1S/C19H29NO7/c1-6-7-8-17(22)20-15-10-16(26-11-23-3)19(25-5)14(9-13(2)21)18(15)27-12-24-4/h6,10,13,21H,1,7-9,11-12H2,2-5H3,(H,20,22). The predicted molar refractivity (Wildman–Crippen MR) is 101 cm³/mol. The molecule has 0 aromatic heterocycles. The van der Waals surface area contributed by atoms with Crippen LogP contribution in [0.4, 0.5) is 5.69 Å². The highest BCUT2D eigenvalue weighted by Crippen LogP contribution is 2.44. The van der Waals surface area contributed by atoms with Gasteiger partial charge >= 0.3 is 0 Å². The Kier molecular flexibility index (Phi) is 10.2. The second-order valence-corrected chi connectivity index (χ2v) is 5.79. The van der Waals surface area contributed by atoms with Crippen LogP contribution in [0.5, 0.6) is 17.2 Å². The maximum atomic E-state index is 12.2. The summed E-state index contributed by atoms with van der Waals surface area (Å²) in [5, 5.41) is 12.7. The number of hydrogen-bond donors (Lipinski definition) is 2. The minimum Gasteiger partial charge on any atom is -0.492 e. The molecule has 0 fully saturated rings. The first-order valence-corrected chi connectivity index (χ1v) is 8.54. The van der Waals surface area contributed by atoms with Gasteiger partial charge in [-0.15, -0.1) is 6.58 Å². The number of ether oxygens (including phenoxy) is 5. The summed E-state index contributed by atoms with van der Waals surface area (Å²) < 4.78 is 26.7. The highest BCUT2D eigenvalue weighted by molar-refractivity contribution is 5.93. The van der Waals surface area contributed by atoms with E-state index in [1.165, 1.54) is 21.3 Å². The van der Waals surface area contributed by atoms with Gasteiger partial charge in [0.05, 0.1) is 18.9 Å². The second-order valence-electron chi connectivity index (χ2n) is 5.79. The number of rotatable bonds is 13. The molecule has 0 saturated carbocycles. The van der Waals surface area contributed by atoms with E-state index in [0.29, 0.717) is 34.9 Å². The molecule has 0 saturated heterocycles. The van der Waals surface area contributed by atoms with Crippen molar-refractivity contribution >= 4 is 11.6 Å². The van der Waals surface area contributed by atoms with Crippen LogP contribution in [0.1, 0.15) is 25.3 Å². The number of methoxy groups -OCH3 is 3. The molecule has 0 aliphatic carbocycles. The fraction of sp³-hybridized carbons (Fsp3) is 0.526. The molecule has 8 heteroatoms. The topological polar surface area (TPSA) is 95.5 Å². The number of amides is 1. The summed E-state index contributed by atoms with van der Waals surface area (Å²) >= 11 is 0. The Morgan fingerprint density at radius 3 is 2.44 bits per heavy atom. The van der Waals surface area contributed by atoms with E-state index in [4.69, 9.17) is 23.7 Å². The molecule has 0 bridgehead atoms. The van der Waals surface area contributed by atoms with Gasteiger partial charge in [-0.05, 0) is 13.3 Å². The zero-order valence-corrected chi connectivity index (χ0v) is 16.4. The zero-order chi connectivity index (χ0) is 20.2. The molecular weight excluding hydrogens is 354 g/mol. The average molecular weight is 383 g/mol. The van der Waals surface area contributed by atoms with Gasteiger partial charge in [0.2, 0.25) is 5.91 Å². The van der Waals surface area contributed by atoms with E-state index in [9.17, 15) is 9.90 Å². The lowest BCUT2D eigenvalue weighted by molar-refractivity contribution is -0.116. The number of anilines is 1. The van der Waals surface area contributed by atoms with E-state index in [2.05, 4.69) is 11.9 Å². The maximum Gasteiger partial charge on any atom is 0.224 e. The first-order valence-electron chi connectivity index (χ1n) is 8.54. The number of carbonyl (C=O) groups excluding carboxylic acids is 1. The summed E-state index contributed by atoms with van der Waals surface area (Å²) in [6, 6.07) is 1.60. The van der Waals surface area contributed by atoms with E-state index in [-0.39, 0.29) is 32.3 Å². The highest BCUT2D eigenvalue weighted by Gasteiger charge is 2.23. The third-order valence-electron chi connectivity index (χ3n) is 3.50. The van der Waals surface area contributed by atoms with Crippen molar-refractivity contribution in [2.75, 3.05) is 40.2 Å². The number of benzene rings is 1. The van der Waals surface area contributed by atoms with Crippen molar-refractivity contribution < 1.29 is 33.6 Å². The summed E-state index contributed by atoms with van der Waals surface area (Å²) in [7, 11) is 4.48. The number of allylic oxidation sites excluding steroid dienone is 1. The molecule has 1 aromatic carbocycles. The summed E-state index contributed by atoms with van der Waals surface area (Å²) in [5.41, 5.74) is 0.945.